The second-order valence-corrected chi connectivity index (χ2v) is 5.19. The van der Waals surface area contributed by atoms with Gasteiger partial charge in [0.1, 0.15) is 0 Å². The van der Waals surface area contributed by atoms with Crippen LogP contribution < -0.4 is 5.32 Å². The van der Waals surface area contributed by atoms with Crippen LogP contribution in [0.25, 0.3) is 0 Å². The van der Waals surface area contributed by atoms with Crippen LogP contribution in [0, 0.1) is 5.41 Å². The van der Waals surface area contributed by atoms with E-state index in [4.69, 9.17) is 5.11 Å². The van der Waals surface area contributed by atoms with Crippen LogP contribution in [0.2, 0.25) is 0 Å². The molecule has 1 heterocycles. The molecule has 0 aliphatic carbocycles. The predicted octanol–water partition coefficient (Wildman–Crippen LogP) is 1.97. The largest absolute Gasteiger partial charge is 0.481 e. The summed E-state index contributed by atoms with van der Waals surface area (Å²) in [5.41, 5.74) is -0.548. The van der Waals surface area contributed by atoms with Gasteiger partial charge in [-0.2, -0.15) is 0 Å². The highest BCUT2D eigenvalue weighted by atomic mass is 32.1. The molecule has 0 radical (unpaired) electrons. The number of anilines is 1. The first-order valence-electron chi connectivity index (χ1n) is 4.80. The van der Waals surface area contributed by atoms with E-state index in [9.17, 15) is 9.59 Å². The predicted molar refractivity (Wildman–Crippen MR) is 61.4 cm³/mol. The highest BCUT2D eigenvalue weighted by Crippen LogP contribution is 2.25. The van der Waals surface area contributed by atoms with Gasteiger partial charge in [-0.15, -0.1) is 11.3 Å². The van der Waals surface area contributed by atoms with Gasteiger partial charge in [0.15, 0.2) is 5.13 Å². The van der Waals surface area contributed by atoms with Crippen LogP contribution in [0.15, 0.2) is 11.6 Å². The molecule has 16 heavy (non-hydrogen) atoms. The molecule has 0 fully saturated rings. The maximum Gasteiger partial charge on any atom is 0.303 e. The number of nitrogens with one attached hydrogen (secondary N) is 1. The maximum atomic E-state index is 11.6. The number of thiazole rings is 1. The molecule has 0 spiro atoms. The average molecular weight is 242 g/mol. The first-order chi connectivity index (χ1) is 7.39. The number of aliphatic carboxylic acids is 1. The van der Waals surface area contributed by atoms with E-state index in [1.54, 1.807) is 25.4 Å². The number of amides is 1. The van der Waals surface area contributed by atoms with E-state index in [2.05, 4.69) is 10.3 Å². The second kappa shape index (κ2) is 5.07. The normalized spacial score (nSPS) is 11.1. The summed E-state index contributed by atoms with van der Waals surface area (Å²) in [7, 11) is 0. The Labute approximate surface area is 97.5 Å². The van der Waals surface area contributed by atoms with Crippen LogP contribution in [0.3, 0.4) is 0 Å². The van der Waals surface area contributed by atoms with Crippen molar-refractivity contribution in [1.29, 1.82) is 0 Å². The van der Waals surface area contributed by atoms with Crippen molar-refractivity contribution in [2.75, 3.05) is 5.32 Å². The second-order valence-electron chi connectivity index (χ2n) is 4.30. The van der Waals surface area contributed by atoms with Crippen molar-refractivity contribution in [2.45, 2.75) is 26.7 Å². The van der Waals surface area contributed by atoms with Crippen molar-refractivity contribution in [1.82, 2.24) is 4.98 Å². The van der Waals surface area contributed by atoms with Crippen molar-refractivity contribution in [3.05, 3.63) is 11.6 Å². The van der Waals surface area contributed by atoms with Gasteiger partial charge in [0.25, 0.3) is 0 Å². The van der Waals surface area contributed by atoms with Crippen LogP contribution in [-0.2, 0) is 9.59 Å². The summed E-state index contributed by atoms with van der Waals surface area (Å²) in [6.45, 7) is 3.51. The molecule has 0 atom stereocenters. The molecule has 1 aromatic heterocycles. The third-order valence-corrected chi connectivity index (χ3v) is 2.64. The molecule has 0 saturated carbocycles. The van der Waals surface area contributed by atoms with Crippen LogP contribution in [0.5, 0.6) is 0 Å². The Morgan fingerprint density at radius 2 is 2.19 bits per heavy atom. The molecule has 0 aromatic carbocycles. The van der Waals surface area contributed by atoms with Crippen molar-refractivity contribution in [3.8, 4) is 0 Å². The zero-order chi connectivity index (χ0) is 12.2. The number of hydrogen-bond acceptors (Lipinski definition) is 4. The molecule has 1 aromatic rings. The minimum atomic E-state index is -0.896. The van der Waals surface area contributed by atoms with Gasteiger partial charge >= 0.3 is 5.97 Å². The van der Waals surface area contributed by atoms with E-state index in [-0.39, 0.29) is 18.7 Å². The SMILES string of the molecule is CC(C)(CC(=O)O)CC(=O)Nc1nccs1. The molecule has 0 saturated heterocycles. The summed E-state index contributed by atoms with van der Waals surface area (Å²) in [5.74, 6) is -1.10. The average Bonchev–Trinajstić information content (AvgIpc) is 2.51. The Kier molecular flexibility index (Phi) is 4.00. The van der Waals surface area contributed by atoms with Gasteiger partial charge in [-0.25, -0.2) is 4.98 Å². The number of aromatic nitrogens is 1. The molecule has 5 nitrogen and oxygen atoms in total. The lowest BCUT2D eigenvalue weighted by Crippen LogP contribution is -2.24. The molecule has 88 valence electrons. The zero-order valence-corrected chi connectivity index (χ0v) is 10.0. The lowest BCUT2D eigenvalue weighted by atomic mass is 9.85. The summed E-state index contributed by atoms with van der Waals surface area (Å²) >= 11 is 1.33. The molecule has 0 unspecified atom stereocenters. The highest BCUT2D eigenvalue weighted by molar-refractivity contribution is 7.13. The number of carboxylic acids is 1. The molecule has 2 N–H and O–H groups in total. The van der Waals surface area contributed by atoms with E-state index in [1.807, 2.05) is 0 Å². The van der Waals surface area contributed by atoms with E-state index in [0.717, 1.165) is 0 Å². The summed E-state index contributed by atoms with van der Waals surface area (Å²) < 4.78 is 0. The van der Waals surface area contributed by atoms with Gasteiger partial charge in [-0.3, -0.25) is 9.59 Å². The number of carboxylic acid groups (broad SMARTS) is 1. The van der Waals surface area contributed by atoms with Crippen LogP contribution >= 0.6 is 11.3 Å². The van der Waals surface area contributed by atoms with Gasteiger partial charge < -0.3 is 10.4 Å². The quantitative estimate of drug-likeness (QED) is 0.827. The molecule has 0 bridgehead atoms. The minimum absolute atomic E-state index is 0.0295. The summed E-state index contributed by atoms with van der Waals surface area (Å²) in [6, 6.07) is 0. The minimum Gasteiger partial charge on any atom is -0.481 e. The Bertz CT molecular complexity index is 373. The molecule has 1 rings (SSSR count). The molecule has 1 amide bonds. The highest BCUT2D eigenvalue weighted by Gasteiger charge is 2.25. The first kappa shape index (κ1) is 12.6. The molecule has 0 aliphatic rings. The van der Waals surface area contributed by atoms with Gasteiger partial charge in [0, 0.05) is 18.0 Å². The van der Waals surface area contributed by atoms with Gasteiger partial charge in [-0.1, -0.05) is 13.8 Å². The summed E-state index contributed by atoms with van der Waals surface area (Å²) in [6.07, 6.45) is 1.74. The van der Waals surface area contributed by atoms with Gasteiger partial charge in [0.05, 0.1) is 6.42 Å². The number of carbonyl (C=O) groups is 2. The number of nitrogens with zero attached hydrogens (tertiary/aromatic N) is 1. The van der Waals surface area contributed by atoms with Crippen molar-refractivity contribution in [3.63, 3.8) is 0 Å². The fraction of sp³-hybridized carbons (Fsp3) is 0.500. The molecular weight excluding hydrogens is 228 g/mol. The molecule has 6 heteroatoms. The van der Waals surface area contributed by atoms with Gasteiger partial charge in [-0.05, 0) is 5.41 Å². The fourth-order valence-electron chi connectivity index (χ4n) is 1.36. The molecular formula is C10H14N2O3S. The Hall–Kier alpha value is -1.43. The third-order valence-electron chi connectivity index (χ3n) is 1.95. The number of rotatable bonds is 5. The Morgan fingerprint density at radius 1 is 1.50 bits per heavy atom. The summed E-state index contributed by atoms with van der Waals surface area (Å²) in [4.78, 5) is 26.1. The number of carbonyl (C=O) groups excluding carboxylic acids is 1. The zero-order valence-electron chi connectivity index (χ0n) is 9.19. The molecule has 0 aliphatic heterocycles. The monoisotopic (exact) mass is 242 g/mol. The topological polar surface area (TPSA) is 79.3 Å². The smallest absolute Gasteiger partial charge is 0.303 e. The van der Waals surface area contributed by atoms with Crippen molar-refractivity contribution < 1.29 is 14.7 Å². The van der Waals surface area contributed by atoms with Gasteiger partial charge in [0.2, 0.25) is 5.91 Å². The first-order valence-corrected chi connectivity index (χ1v) is 5.68. The summed E-state index contributed by atoms with van der Waals surface area (Å²) in [5, 5.41) is 13.6. The lowest BCUT2D eigenvalue weighted by molar-refractivity contribution is -0.139. The van der Waals surface area contributed by atoms with Crippen LogP contribution in [-0.4, -0.2) is 22.0 Å². The van der Waals surface area contributed by atoms with E-state index in [1.165, 1.54) is 11.3 Å². The Balaban J connectivity index is 2.47. The standard InChI is InChI=1S/C10H14N2O3S/c1-10(2,6-8(14)15)5-7(13)12-9-11-3-4-16-9/h3-4H,5-6H2,1-2H3,(H,14,15)(H,11,12,13). The maximum absolute atomic E-state index is 11.6. The fourth-order valence-corrected chi connectivity index (χ4v) is 1.90. The number of hydrogen-bond donors (Lipinski definition) is 2. The van der Waals surface area contributed by atoms with Crippen molar-refractivity contribution in [2.24, 2.45) is 5.41 Å². The van der Waals surface area contributed by atoms with E-state index < -0.39 is 11.4 Å². The third kappa shape index (κ3) is 4.39. The lowest BCUT2D eigenvalue weighted by Gasteiger charge is -2.20. The van der Waals surface area contributed by atoms with Crippen LogP contribution in [0.1, 0.15) is 26.7 Å². The van der Waals surface area contributed by atoms with E-state index >= 15 is 0 Å². The van der Waals surface area contributed by atoms with Crippen molar-refractivity contribution >= 4 is 28.3 Å². The van der Waals surface area contributed by atoms with E-state index in [0.29, 0.717) is 5.13 Å². The Morgan fingerprint density at radius 3 is 2.69 bits per heavy atom. The van der Waals surface area contributed by atoms with Crippen LogP contribution in [0.4, 0.5) is 5.13 Å².